The number of rotatable bonds is 7. The van der Waals surface area contributed by atoms with Crippen LogP contribution in [0.5, 0.6) is 6.01 Å². The summed E-state index contributed by atoms with van der Waals surface area (Å²) in [5.74, 6) is 0.427. The van der Waals surface area contributed by atoms with Crippen LogP contribution in [0, 0.1) is 34.8 Å². The molecule has 7 heterocycles. The Morgan fingerprint density at radius 2 is 1.92 bits per heavy atom. The summed E-state index contributed by atoms with van der Waals surface area (Å²) in [6, 6.07) is 6.99. The van der Waals surface area contributed by atoms with E-state index in [0.29, 0.717) is 42.9 Å². The van der Waals surface area contributed by atoms with E-state index < -0.39 is 11.6 Å². The molecule has 5 aliphatic heterocycles. The summed E-state index contributed by atoms with van der Waals surface area (Å²) in [7, 11) is 0. The zero-order chi connectivity index (χ0) is 35.5. The number of carbonyl (C=O) groups excluding carboxylic acids is 1. The van der Waals surface area contributed by atoms with Crippen LogP contribution in [0.2, 0.25) is 5.02 Å². The highest BCUT2D eigenvalue weighted by atomic mass is 35.5. The Labute approximate surface area is 308 Å². The minimum Gasteiger partial charge on any atom is -0.461 e. The molecule has 5 saturated heterocycles. The number of likely N-dealkylation sites (tertiary alicyclic amines) is 1. The third-order valence-electron chi connectivity index (χ3n) is 12.8. The Morgan fingerprint density at radius 1 is 1.12 bits per heavy atom. The van der Waals surface area contributed by atoms with Crippen LogP contribution in [0.25, 0.3) is 32.1 Å². The Kier molecular flexibility index (Phi) is 7.63. The van der Waals surface area contributed by atoms with Crippen molar-refractivity contribution in [3.63, 3.8) is 0 Å². The van der Waals surface area contributed by atoms with E-state index in [1.807, 2.05) is 0 Å². The van der Waals surface area contributed by atoms with Crippen molar-refractivity contribution in [1.82, 2.24) is 25.1 Å². The van der Waals surface area contributed by atoms with E-state index in [9.17, 15) is 14.4 Å². The molecule has 2 aromatic heterocycles. The van der Waals surface area contributed by atoms with Crippen LogP contribution in [0.3, 0.4) is 0 Å². The van der Waals surface area contributed by atoms with Crippen LogP contribution in [0.1, 0.15) is 56.9 Å². The molecule has 6 fully saturated rings. The van der Waals surface area contributed by atoms with Crippen LogP contribution in [0.4, 0.5) is 19.6 Å². The lowest BCUT2D eigenvalue weighted by Gasteiger charge is -2.39. The Bertz CT molecular complexity index is 2200. The van der Waals surface area contributed by atoms with Gasteiger partial charge in [0.25, 0.3) is 0 Å². The van der Waals surface area contributed by atoms with E-state index in [1.54, 1.807) is 6.07 Å². The standard InChI is InChI=1S/C38H39ClF2N8O2S/c39-24-15-22-31(29(41)28(24)21-5-6-25(40)33-27(21)23(16-42)34(43)52-33)45-37(51-18-38-9-1-11-48(38)12-2-10-38)46-35(22)47-13-8-26-20(17-47)7-14-49(26)36(50)32-30(44-32)19-3-4-19/h5-6,15,19-20,26,30,32,44H,1-4,7-14,17-18,43H2. The summed E-state index contributed by atoms with van der Waals surface area (Å²) in [5, 5.41) is 14.3. The second-order valence-electron chi connectivity index (χ2n) is 15.6. The maximum atomic E-state index is 17.2. The fraction of sp³-hybridized carbons (Fsp3) is 0.526. The molecule has 3 N–H and O–H groups in total. The number of aromatic nitrogens is 2. The molecule has 6 aliphatic rings. The summed E-state index contributed by atoms with van der Waals surface area (Å²) in [4.78, 5) is 29.9. The number of nitrogens with zero attached hydrogens (tertiary/aromatic N) is 6. The summed E-state index contributed by atoms with van der Waals surface area (Å²) >= 11 is 7.91. The van der Waals surface area contributed by atoms with Gasteiger partial charge >= 0.3 is 6.01 Å². The highest BCUT2D eigenvalue weighted by Crippen LogP contribution is 2.47. The molecule has 10 rings (SSSR count). The van der Waals surface area contributed by atoms with E-state index >= 15 is 4.39 Å². The van der Waals surface area contributed by atoms with E-state index in [1.165, 1.54) is 25.0 Å². The van der Waals surface area contributed by atoms with Crippen molar-refractivity contribution in [3.05, 3.63) is 40.4 Å². The van der Waals surface area contributed by atoms with Gasteiger partial charge in [0.05, 0.1) is 20.8 Å². The first kappa shape index (κ1) is 32.8. The molecular weight excluding hydrogens is 706 g/mol. The molecule has 1 amide bonds. The van der Waals surface area contributed by atoms with E-state index in [-0.39, 0.29) is 77.8 Å². The fourth-order valence-corrected chi connectivity index (χ4v) is 11.2. The molecule has 2 aromatic carbocycles. The predicted octanol–water partition coefficient (Wildman–Crippen LogP) is 6.08. The van der Waals surface area contributed by atoms with Gasteiger partial charge in [-0.3, -0.25) is 15.0 Å². The summed E-state index contributed by atoms with van der Waals surface area (Å²) < 4.78 is 38.8. The number of nitriles is 1. The van der Waals surface area contributed by atoms with Gasteiger partial charge in [-0.15, -0.1) is 11.3 Å². The highest BCUT2D eigenvalue weighted by Gasteiger charge is 2.54. The molecule has 1 saturated carbocycles. The van der Waals surface area contributed by atoms with Crippen LogP contribution >= 0.6 is 22.9 Å². The summed E-state index contributed by atoms with van der Waals surface area (Å²) in [5.41, 5.74) is 6.47. The van der Waals surface area contributed by atoms with Crippen molar-refractivity contribution in [2.75, 3.05) is 50.0 Å². The maximum Gasteiger partial charge on any atom is 0.319 e. The van der Waals surface area contributed by atoms with Gasteiger partial charge in [-0.05, 0) is 94.0 Å². The number of benzene rings is 2. The maximum absolute atomic E-state index is 17.2. The topological polar surface area (TPSA) is 134 Å². The number of thiophene rings is 1. The molecule has 0 radical (unpaired) electrons. The molecule has 1 aliphatic carbocycles. The smallest absolute Gasteiger partial charge is 0.319 e. The zero-order valence-corrected chi connectivity index (χ0v) is 30.2. The van der Waals surface area contributed by atoms with Gasteiger partial charge in [-0.2, -0.15) is 15.2 Å². The molecule has 0 bridgehead atoms. The van der Waals surface area contributed by atoms with Crippen LogP contribution in [0.15, 0.2) is 18.2 Å². The molecule has 270 valence electrons. The molecule has 0 spiro atoms. The Balaban J connectivity index is 1.03. The fourth-order valence-electron chi connectivity index (χ4n) is 9.95. The molecule has 4 atom stereocenters. The molecule has 52 heavy (non-hydrogen) atoms. The normalized spacial score (nSPS) is 26.6. The third kappa shape index (κ3) is 5.08. The average Bonchev–Trinajstić information content (AvgIpc) is 3.96. The lowest BCUT2D eigenvalue weighted by Crippen LogP contribution is -2.49. The number of piperidine rings is 1. The largest absolute Gasteiger partial charge is 0.461 e. The lowest BCUT2D eigenvalue weighted by molar-refractivity contribution is -0.132. The first-order valence-electron chi connectivity index (χ1n) is 18.5. The number of anilines is 2. The Hall–Kier alpha value is -3.83. The molecular formula is C38H39ClF2N8O2S. The number of amides is 1. The molecule has 4 unspecified atom stereocenters. The van der Waals surface area contributed by atoms with Gasteiger partial charge in [-0.25, -0.2) is 8.78 Å². The number of nitrogen functional groups attached to an aromatic ring is 1. The van der Waals surface area contributed by atoms with Crippen molar-refractivity contribution >= 4 is 60.7 Å². The van der Waals surface area contributed by atoms with Gasteiger partial charge in [0.2, 0.25) is 5.91 Å². The quantitative estimate of drug-likeness (QED) is 0.216. The minimum atomic E-state index is -0.700. The van der Waals surface area contributed by atoms with Crippen molar-refractivity contribution < 1.29 is 18.3 Å². The number of nitrogens with two attached hydrogens (primary N) is 1. The van der Waals surface area contributed by atoms with Crippen molar-refractivity contribution in [3.8, 4) is 23.2 Å². The average molecular weight is 745 g/mol. The van der Waals surface area contributed by atoms with E-state index in [0.717, 1.165) is 69.5 Å². The van der Waals surface area contributed by atoms with Gasteiger partial charge in [0, 0.05) is 48.1 Å². The second-order valence-corrected chi connectivity index (χ2v) is 17.1. The van der Waals surface area contributed by atoms with E-state index in [4.69, 9.17) is 32.0 Å². The highest BCUT2D eigenvalue weighted by molar-refractivity contribution is 7.23. The number of hydrogen-bond donors (Lipinski definition) is 2. The molecule has 10 nitrogen and oxygen atoms in total. The predicted molar refractivity (Wildman–Crippen MR) is 197 cm³/mol. The minimum absolute atomic E-state index is 0.0160. The SMILES string of the molecule is N#Cc1c(N)sc2c(F)ccc(-c3c(Cl)cc4c(N5CCC6C(CCN6C(=O)C6NC6C6CC6)C5)nc(OCC56CCCN5CCC6)nc4c3F)c12. The van der Waals surface area contributed by atoms with Crippen LogP contribution in [-0.4, -0.2) is 88.7 Å². The summed E-state index contributed by atoms with van der Waals surface area (Å²) in [6.07, 6.45) is 8.39. The number of nitrogens with one attached hydrogen (secondary N) is 1. The number of hydrogen-bond acceptors (Lipinski definition) is 10. The number of carbonyl (C=O) groups is 1. The lowest BCUT2D eigenvalue weighted by atomic mass is 9.92. The molecule has 4 aromatic rings. The van der Waals surface area contributed by atoms with Gasteiger partial charge < -0.3 is 20.3 Å². The zero-order valence-electron chi connectivity index (χ0n) is 28.6. The van der Waals surface area contributed by atoms with Crippen LogP contribution < -0.4 is 20.7 Å². The third-order valence-corrected chi connectivity index (χ3v) is 14.1. The number of ether oxygens (including phenoxy) is 1. The van der Waals surface area contributed by atoms with Crippen molar-refractivity contribution in [2.24, 2.45) is 11.8 Å². The Morgan fingerprint density at radius 3 is 2.69 bits per heavy atom. The van der Waals surface area contributed by atoms with Crippen molar-refractivity contribution in [1.29, 1.82) is 5.26 Å². The van der Waals surface area contributed by atoms with E-state index in [2.05, 4.69) is 26.1 Å². The number of halogens is 3. The second kappa shape index (κ2) is 12.1. The first-order valence-corrected chi connectivity index (χ1v) is 19.7. The van der Waals surface area contributed by atoms with Crippen LogP contribution in [-0.2, 0) is 4.79 Å². The number of fused-ring (bicyclic) bond motifs is 4. The van der Waals surface area contributed by atoms with Gasteiger partial charge in [0.15, 0.2) is 5.82 Å². The van der Waals surface area contributed by atoms with Gasteiger partial charge in [-0.1, -0.05) is 17.7 Å². The van der Waals surface area contributed by atoms with Gasteiger partial charge in [0.1, 0.15) is 40.9 Å². The summed E-state index contributed by atoms with van der Waals surface area (Å²) in [6.45, 7) is 4.52. The monoisotopic (exact) mass is 744 g/mol. The first-order chi connectivity index (χ1) is 25.2. The van der Waals surface area contributed by atoms with Crippen molar-refractivity contribution in [2.45, 2.75) is 75.0 Å². The molecule has 14 heteroatoms.